The number of nitrogens with zero attached hydrogens (tertiary/aromatic N) is 5. The Kier molecular flexibility index (Phi) is 5.46. The minimum absolute atomic E-state index is 0.0890. The van der Waals surface area contributed by atoms with Crippen molar-refractivity contribution in [3.8, 4) is 0 Å². The summed E-state index contributed by atoms with van der Waals surface area (Å²) in [5.74, 6) is -0.598. The summed E-state index contributed by atoms with van der Waals surface area (Å²) >= 11 is 6.03. The van der Waals surface area contributed by atoms with E-state index in [4.69, 9.17) is 11.6 Å². The zero-order chi connectivity index (χ0) is 20.4. The Balaban J connectivity index is 1.90. The lowest BCUT2D eigenvalue weighted by Crippen LogP contribution is -2.19. The SMILES string of the molecule is CCn1ncc([N+](=O)[O-])c1C(=O)Nc1c(C)nn(Cc2cccc(Cl)c2)c1C. The molecule has 0 saturated heterocycles. The van der Waals surface area contributed by atoms with Gasteiger partial charge in [0.1, 0.15) is 6.20 Å². The van der Waals surface area contributed by atoms with E-state index in [9.17, 15) is 14.9 Å². The third kappa shape index (κ3) is 3.74. The number of rotatable bonds is 6. The van der Waals surface area contributed by atoms with Gasteiger partial charge in [-0.25, -0.2) is 0 Å². The molecule has 1 aromatic carbocycles. The molecular formula is C18H19ClN6O3. The van der Waals surface area contributed by atoms with Gasteiger partial charge in [-0.1, -0.05) is 23.7 Å². The minimum Gasteiger partial charge on any atom is -0.317 e. The highest BCUT2D eigenvalue weighted by atomic mass is 35.5. The maximum absolute atomic E-state index is 12.8. The maximum Gasteiger partial charge on any atom is 0.320 e. The first-order valence-corrected chi connectivity index (χ1v) is 8.99. The third-order valence-electron chi connectivity index (χ3n) is 4.37. The van der Waals surface area contributed by atoms with Crippen LogP contribution < -0.4 is 5.32 Å². The summed E-state index contributed by atoms with van der Waals surface area (Å²) in [6.45, 7) is 6.17. The number of carbonyl (C=O) groups is 1. The van der Waals surface area contributed by atoms with E-state index in [-0.39, 0.29) is 11.4 Å². The lowest BCUT2D eigenvalue weighted by molar-refractivity contribution is -0.385. The zero-order valence-corrected chi connectivity index (χ0v) is 16.4. The van der Waals surface area contributed by atoms with Crippen LogP contribution in [0.3, 0.4) is 0 Å². The Morgan fingerprint density at radius 1 is 1.32 bits per heavy atom. The van der Waals surface area contributed by atoms with Crippen LogP contribution in [0.4, 0.5) is 11.4 Å². The summed E-state index contributed by atoms with van der Waals surface area (Å²) < 4.78 is 3.05. The van der Waals surface area contributed by atoms with Gasteiger partial charge in [0.2, 0.25) is 5.69 Å². The van der Waals surface area contributed by atoms with Crippen LogP contribution in [0.25, 0.3) is 0 Å². The van der Waals surface area contributed by atoms with E-state index in [0.29, 0.717) is 29.5 Å². The topological polar surface area (TPSA) is 108 Å². The van der Waals surface area contributed by atoms with Gasteiger partial charge in [0.05, 0.1) is 28.5 Å². The van der Waals surface area contributed by atoms with Crippen LogP contribution in [-0.4, -0.2) is 30.4 Å². The molecule has 0 spiro atoms. The van der Waals surface area contributed by atoms with E-state index < -0.39 is 10.8 Å². The van der Waals surface area contributed by atoms with Gasteiger partial charge in [-0.15, -0.1) is 0 Å². The second-order valence-corrected chi connectivity index (χ2v) is 6.68. The smallest absolute Gasteiger partial charge is 0.317 e. The van der Waals surface area contributed by atoms with Gasteiger partial charge < -0.3 is 5.32 Å². The molecule has 0 fully saturated rings. The molecule has 3 aromatic rings. The molecule has 2 aromatic heterocycles. The molecule has 2 heterocycles. The molecule has 28 heavy (non-hydrogen) atoms. The predicted octanol–water partition coefficient (Wildman–Crippen LogP) is 3.58. The number of hydrogen-bond donors (Lipinski definition) is 1. The van der Waals surface area contributed by atoms with Crippen molar-refractivity contribution in [3.63, 3.8) is 0 Å². The van der Waals surface area contributed by atoms with Gasteiger partial charge in [0.15, 0.2) is 0 Å². The molecule has 1 N–H and O–H groups in total. The van der Waals surface area contributed by atoms with Gasteiger partial charge in [-0.2, -0.15) is 10.2 Å². The van der Waals surface area contributed by atoms with E-state index in [2.05, 4.69) is 15.5 Å². The average molecular weight is 403 g/mol. The summed E-state index contributed by atoms with van der Waals surface area (Å²) in [4.78, 5) is 23.4. The van der Waals surface area contributed by atoms with E-state index in [1.165, 1.54) is 4.68 Å². The normalized spacial score (nSPS) is 10.9. The van der Waals surface area contributed by atoms with E-state index in [0.717, 1.165) is 17.5 Å². The highest BCUT2D eigenvalue weighted by Crippen LogP contribution is 2.24. The van der Waals surface area contributed by atoms with Crippen LogP contribution in [0.15, 0.2) is 30.5 Å². The van der Waals surface area contributed by atoms with E-state index in [1.54, 1.807) is 24.6 Å². The Labute approximate surface area is 166 Å². The number of benzene rings is 1. The number of nitrogens with one attached hydrogen (secondary N) is 1. The third-order valence-corrected chi connectivity index (χ3v) is 4.61. The van der Waals surface area contributed by atoms with Crippen molar-refractivity contribution < 1.29 is 9.72 Å². The maximum atomic E-state index is 12.8. The molecular weight excluding hydrogens is 384 g/mol. The Hall–Kier alpha value is -3.20. The quantitative estimate of drug-likeness (QED) is 0.500. The van der Waals surface area contributed by atoms with Gasteiger partial charge in [0, 0.05) is 11.6 Å². The van der Waals surface area contributed by atoms with Gasteiger partial charge in [-0.05, 0) is 38.5 Å². The van der Waals surface area contributed by atoms with Crippen LogP contribution in [0, 0.1) is 24.0 Å². The summed E-state index contributed by atoms with van der Waals surface area (Å²) in [5, 5.41) is 23.0. The van der Waals surface area contributed by atoms with Crippen LogP contribution >= 0.6 is 11.6 Å². The fraction of sp³-hybridized carbons (Fsp3) is 0.278. The molecule has 0 saturated carbocycles. The molecule has 0 unspecified atom stereocenters. The van der Waals surface area contributed by atoms with Crippen molar-refractivity contribution in [2.75, 3.05) is 5.32 Å². The number of aromatic nitrogens is 4. The molecule has 0 aliphatic rings. The zero-order valence-electron chi connectivity index (χ0n) is 15.6. The molecule has 0 aliphatic carbocycles. The van der Waals surface area contributed by atoms with Gasteiger partial charge in [-0.3, -0.25) is 24.3 Å². The second kappa shape index (κ2) is 7.81. The number of aryl methyl sites for hydroxylation is 2. The van der Waals surface area contributed by atoms with Crippen molar-refractivity contribution in [1.82, 2.24) is 19.6 Å². The standard InChI is InChI=1S/C18H19ClN6O3/c1-4-23-17(15(9-20-23)25(27)28)18(26)21-16-11(2)22-24(12(16)3)10-13-6-5-7-14(19)8-13/h5-9H,4,10H2,1-3H3,(H,21,26). The number of carbonyl (C=O) groups excluding carboxylic acids is 1. The van der Waals surface area contributed by atoms with Crippen molar-refractivity contribution in [2.24, 2.45) is 0 Å². The van der Waals surface area contributed by atoms with E-state index in [1.807, 2.05) is 25.1 Å². The number of anilines is 1. The first kappa shape index (κ1) is 19.6. The second-order valence-electron chi connectivity index (χ2n) is 6.24. The fourth-order valence-corrected chi connectivity index (χ4v) is 3.21. The predicted molar refractivity (Wildman–Crippen MR) is 105 cm³/mol. The molecule has 3 rings (SSSR count). The van der Waals surface area contributed by atoms with Crippen LogP contribution in [0.2, 0.25) is 5.02 Å². The number of amides is 1. The largest absolute Gasteiger partial charge is 0.320 e. The minimum atomic E-state index is -0.615. The summed E-state index contributed by atoms with van der Waals surface area (Å²) in [6, 6.07) is 7.43. The molecule has 146 valence electrons. The Morgan fingerprint density at radius 3 is 2.71 bits per heavy atom. The number of halogens is 1. The van der Waals surface area contributed by atoms with Crippen molar-refractivity contribution in [1.29, 1.82) is 0 Å². The molecule has 0 radical (unpaired) electrons. The molecule has 0 atom stereocenters. The lowest BCUT2D eigenvalue weighted by Gasteiger charge is -2.08. The number of nitro groups is 1. The van der Waals surface area contributed by atoms with Gasteiger partial charge >= 0.3 is 5.69 Å². The molecule has 9 nitrogen and oxygen atoms in total. The highest BCUT2D eigenvalue weighted by molar-refractivity contribution is 6.30. The monoisotopic (exact) mass is 402 g/mol. The van der Waals surface area contributed by atoms with Gasteiger partial charge in [0.25, 0.3) is 5.91 Å². The Morgan fingerprint density at radius 2 is 2.07 bits per heavy atom. The average Bonchev–Trinajstić information content (AvgIpc) is 3.19. The first-order chi connectivity index (χ1) is 13.3. The van der Waals surface area contributed by atoms with Crippen LogP contribution in [0.5, 0.6) is 0 Å². The lowest BCUT2D eigenvalue weighted by atomic mass is 10.2. The molecule has 1 amide bonds. The highest BCUT2D eigenvalue weighted by Gasteiger charge is 2.27. The summed E-state index contributed by atoms with van der Waals surface area (Å²) in [6.07, 6.45) is 1.08. The van der Waals surface area contributed by atoms with E-state index >= 15 is 0 Å². The van der Waals surface area contributed by atoms with Crippen molar-refractivity contribution in [3.05, 3.63) is 68.2 Å². The number of hydrogen-bond acceptors (Lipinski definition) is 5. The fourth-order valence-electron chi connectivity index (χ4n) is 3.00. The van der Waals surface area contributed by atoms with Crippen molar-refractivity contribution in [2.45, 2.75) is 33.9 Å². The molecule has 0 aliphatic heterocycles. The summed E-state index contributed by atoms with van der Waals surface area (Å²) in [7, 11) is 0. The Bertz CT molecular complexity index is 1060. The molecule has 10 heteroatoms. The molecule has 0 bridgehead atoms. The van der Waals surface area contributed by atoms with Crippen LogP contribution in [0.1, 0.15) is 34.4 Å². The first-order valence-electron chi connectivity index (χ1n) is 8.61. The van der Waals surface area contributed by atoms with Crippen molar-refractivity contribution >= 4 is 28.9 Å². The van der Waals surface area contributed by atoms with Crippen LogP contribution in [-0.2, 0) is 13.1 Å². The summed E-state index contributed by atoms with van der Waals surface area (Å²) in [5.41, 5.74) is 2.41.